The minimum atomic E-state index is 0.475. The van der Waals surface area contributed by atoms with Gasteiger partial charge in [0.25, 0.3) is 0 Å². The lowest BCUT2D eigenvalue weighted by Crippen LogP contribution is -1.91. The summed E-state index contributed by atoms with van der Waals surface area (Å²) >= 11 is 10.0. The lowest BCUT2D eigenvalue weighted by molar-refractivity contribution is 0.415. The van der Waals surface area contributed by atoms with E-state index in [0.717, 1.165) is 32.3 Å². The first-order chi connectivity index (χ1) is 10.1. The van der Waals surface area contributed by atoms with Gasteiger partial charge >= 0.3 is 0 Å². The van der Waals surface area contributed by atoms with Crippen molar-refractivity contribution in [2.75, 3.05) is 7.11 Å². The number of pyridine rings is 1. The minimum Gasteiger partial charge on any atom is -0.497 e. The fourth-order valence-corrected chi connectivity index (χ4v) is 3.15. The number of benzene rings is 2. The van der Waals surface area contributed by atoms with Gasteiger partial charge in [-0.1, -0.05) is 41.4 Å². The molecule has 0 saturated carbocycles. The molecule has 2 nitrogen and oxygen atoms in total. The number of hydrogen-bond acceptors (Lipinski definition) is 2. The number of hydrogen-bond donors (Lipinski definition) is 0. The second-order valence-corrected chi connectivity index (χ2v) is 5.99. The van der Waals surface area contributed by atoms with Crippen molar-refractivity contribution in [3.05, 3.63) is 57.7 Å². The van der Waals surface area contributed by atoms with Gasteiger partial charge in [-0.2, -0.15) is 0 Å². The maximum absolute atomic E-state index is 6.36. The van der Waals surface area contributed by atoms with E-state index in [2.05, 4.69) is 40.0 Å². The minimum absolute atomic E-state index is 0.475. The highest BCUT2D eigenvalue weighted by atomic mass is 79.9. The normalized spacial score (nSPS) is 10.9. The van der Waals surface area contributed by atoms with Crippen molar-refractivity contribution in [3.8, 4) is 17.0 Å². The lowest BCUT2D eigenvalue weighted by atomic mass is 10.1. The second-order valence-electron chi connectivity index (χ2n) is 4.84. The molecule has 0 bridgehead atoms. The Morgan fingerprint density at radius 1 is 1.05 bits per heavy atom. The summed E-state index contributed by atoms with van der Waals surface area (Å²) in [6, 6.07) is 14.0. The second kappa shape index (κ2) is 5.66. The number of aromatic nitrogens is 1. The van der Waals surface area contributed by atoms with E-state index in [-0.39, 0.29) is 0 Å². The van der Waals surface area contributed by atoms with Crippen molar-refractivity contribution in [1.29, 1.82) is 0 Å². The first-order valence-electron chi connectivity index (χ1n) is 6.50. The van der Waals surface area contributed by atoms with Crippen LogP contribution in [0.1, 0.15) is 5.56 Å². The van der Waals surface area contributed by atoms with Gasteiger partial charge in [0.05, 0.1) is 17.3 Å². The van der Waals surface area contributed by atoms with Crippen LogP contribution in [0, 0.1) is 6.92 Å². The van der Waals surface area contributed by atoms with Crippen LogP contribution in [0.15, 0.2) is 46.9 Å². The van der Waals surface area contributed by atoms with Crippen molar-refractivity contribution in [1.82, 2.24) is 4.98 Å². The highest BCUT2D eigenvalue weighted by molar-refractivity contribution is 9.10. The number of fused-ring (bicyclic) bond motifs is 1. The third kappa shape index (κ3) is 2.63. The zero-order valence-electron chi connectivity index (χ0n) is 11.7. The van der Waals surface area contributed by atoms with Crippen molar-refractivity contribution >= 4 is 38.3 Å². The molecule has 106 valence electrons. The van der Waals surface area contributed by atoms with Crippen LogP contribution in [0.2, 0.25) is 5.15 Å². The Bertz CT molecular complexity index is 815. The predicted molar refractivity (Wildman–Crippen MR) is 91.2 cm³/mol. The first-order valence-corrected chi connectivity index (χ1v) is 7.67. The summed E-state index contributed by atoms with van der Waals surface area (Å²) in [5.74, 6) is 0.765. The monoisotopic (exact) mass is 361 g/mol. The van der Waals surface area contributed by atoms with E-state index in [9.17, 15) is 0 Å². The van der Waals surface area contributed by atoms with Gasteiger partial charge in [0, 0.05) is 16.3 Å². The highest BCUT2D eigenvalue weighted by Gasteiger charge is 2.13. The number of rotatable bonds is 2. The molecule has 0 aliphatic rings. The Morgan fingerprint density at radius 3 is 2.43 bits per heavy atom. The van der Waals surface area contributed by atoms with Gasteiger partial charge < -0.3 is 4.74 Å². The topological polar surface area (TPSA) is 22.1 Å². The van der Waals surface area contributed by atoms with Gasteiger partial charge in [0.2, 0.25) is 0 Å². The molecule has 0 unspecified atom stereocenters. The number of ether oxygens (including phenoxy) is 1. The molecule has 0 radical (unpaired) electrons. The lowest BCUT2D eigenvalue weighted by Gasteiger charge is -2.11. The fourth-order valence-electron chi connectivity index (χ4n) is 2.25. The average Bonchev–Trinajstić information content (AvgIpc) is 2.51. The Kier molecular flexibility index (Phi) is 3.87. The van der Waals surface area contributed by atoms with Crippen LogP contribution in [0.25, 0.3) is 22.0 Å². The number of halogens is 2. The molecule has 3 aromatic rings. The molecule has 0 atom stereocenters. The number of aryl methyl sites for hydroxylation is 1. The van der Waals surface area contributed by atoms with Crippen LogP contribution in [0.4, 0.5) is 0 Å². The Morgan fingerprint density at radius 2 is 1.76 bits per heavy atom. The molecule has 0 amide bonds. The third-order valence-corrected chi connectivity index (χ3v) is 4.52. The van der Waals surface area contributed by atoms with Gasteiger partial charge in [-0.25, -0.2) is 4.98 Å². The van der Waals surface area contributed by atoms with Crippen molar-refractivity contribution in [3.63, 3.8) is 0 Å². The van der Waals surface area contributed by atoms with Gasteiger partial charge in [-0.3, -0.25) is 0 Å². The van der Waals surface area contributed by atoms with E-state index in [4.69, 9.17) is 16.3 Å². The molecular weight excluding hydrogens is 350 g/mol. The van der Waals surface area contributed by atoms with Crippen LogP contribution in [0.5, 0.6) is 5.75 Å². The summed E-state index contributed by atoms with van der Waals surface area (Å²) in [5.41, 5.74) is 3.09. The molecule has 21 heavy (non-hydrogen) atoms. The molecule has 0 fully saturated rings. The standard InChI is InChI=1S/C17H13BrClNO/c1-10-3-5-11(6-4-10)16-15(18)13-8-7-12(21-2)9-14(13)17(19)20-16/h3-9H,1-2H3. The molecule has 0 N–H and O–H groups in total. The summed E-state index contributed by atoms with van der Waals surface area (Å²) < 4.78 is 6.18. The molecule has 4 heteroatoms. The summed E-state index contributed by atoms with van der Waals surface area (Å²) in [6.07, 6.45) is 0. The molecule has 3 rings (SSSR count). The third-order valence-electron chi connectivity index (χ3n) is 3.43. The van der Waals surface area contributed by atoms with E-state index < -0.39 is 0 Å². The SMILES string of the molecule is COc1ccc2c(Br)c(-c3ccc(C)cc3)nc(Cl)c2c1. The molecule has 1 aromatic heterocycles. The summed E-state index contributed by atoms with van der Waals surface area (Å²) in [6.45, 7) is 2.06. The van der Waals surface area contributed by atoms with Crippen LogP contribution < -0.4 is 4.74 Å². The summed E-state index contributed by atoms with van der Waals surface area (Å²) in [7, 11) is 1.64. The van der Waals surface area contributed by atoms with Crippen LogP contribution in [-0.2, 0) is 0 Å². The maximum atomic E-state index is 6.36. The van der Waals surface area contributed by atoms with Crippen LogP contribution >= 0.6 is 27.5 Å². The van der Waals surface area contributed by atoms with Gasteiger partial charge in [-0.05, 0) is 41.1 Å². The molecule has 0 aliphatic heterocycles. The summed E-state index contributed by atoms with van der Waals surface area (Å²) in [5, 5.41) is 2.37. The van der Waals surface area contributed by atoms with E-state index in [1.54, 1.807) is 7.11 Å². The van der Waals surface area contributed by atoms with Crippen molar-refractivity contribution in [2.24, 2.45) is 0 Å². The van der Waals surface area contributed by atoms with Crippen LogP contribution in [0.3, 0.4) is 0 Å². The van der Waals surface area contributed by atoms with E-state index >= 15 is 0 Å². The number of methoxy groups -OCH3 is 1. The Labute approximate surface area is 136 Å². The largest absolute Gasteiger partial charge is 0.497 e. The molecule has 1 heterocycles. The molecule has 0 spiro atoms. The van der Waals surface area contributed by atoms with Gasteiger partial charge in [-0.15, -0.1) is 0 Å². The quantitative estimate of drug-likeness (QED) is 0.551. The molecule has 0 aliphatic carbocycles. The highest BCUT2D eigenvalue weighted by Crippen LogP contribution is 2.37. The summed E-state index contributed by atoms with van der Waals surface area (Å²) in [4.78, 5) is 4.54. The molecular formula is C17H13BrClNO. The first kappa shape index (κ1) is 14.4. The fraction of sp³-hybridized carbons (Fsp3) is 0.118. The maximum Gasteiger partial charge on any atom is 0.137 e. The number of nitrogens with zero attached hydrogens (tertiary/aromatic N) is 1. The zero-order chi connectivity index (χ0) is 15.0. The van der Waals surface area contributed by atoms with Gasteiger partial charge in [0.15, 0.2) is 0 Å². The average molecular weight is 363 g/mol. The predicted octanol–water partition coefficient (Wildman–Crippen LogP) is 5.63. The van der Waals surface area contributed by atoms with E-state index in [1.807, 2.05) is 30.3 Å². The van der Waals surface area contributed by atoms with Crippen molar-refractivity contribution in [2.45, 2.75) is 6.92 Å². The molecule has 2 aromatic carbocycles. The van der Waals surface area contributed by atoms with Crippen LogP contribution in [-0.4, -0.2) is 12.1 Å². The van der Waals surface area contributed by atoms with E-state index in [0.29, 0.717) is 5.15 Å². The van der Waals surface area contributed by atoms with Gasteiger partial charge in [0.1, 0.15) is 10.9 Å². The van der Waals surface area contributed by atoms with E-state index in [1.165, 1.54) is 5.56 Å². The molecule has 0 saturated heterocycles. The van der Waals surface area contributed by atoms with Crippen molar-refractivity contribution < 1.29 is 4.74 Å². The zero-order valence-corrected chi connectivity index (χ0v) is 14.0. The Hall–Kier alpha value is -1.58. The Balaban J connectivity index is 2.26. The smallest absolute Gasteiger partial charge is 0.137 e.